The van der Waals surface area contributed by atoms with Crippen LogP contribution in [0.25, 0.3) is 0 Å². The second-order valence-electron chi connectivity index (χ2n) is 5.55. The van der Waals surface area contributed by atoms with Crippen molar-refractivity contribution in [1.29, 1.82) is 0 Å². The third-order valence-corrected chi connectivity index (χ3v) is 3.97. The molecule has 0 bridgehead atoms. The number of carbonyl (C=O) groups is 3. The maximum atomic E-state index is 12.5. The minimum atomic E-state index is -0.328. The summed E-state index contributed by atoms with van der Waals surface area (Å²) in [5.74, 6) is -0.168. The van der Waals surface area contributed by atoms with Crippen LogP contribution >= 0.6 is 0 Å². The Labute approximate surface area is 139 Å². The average molecular weight is 323 g/mol. The van der Waals surface area contributed by atoms with E-state index >= 15 is 0 Å². The zero-order valence-corrected chi connectivity index (χ0v) is 13.5. The number of ether oxygens (including phenoxy) is 1. The minimum absolute atomic E-state index is 0.0722. The van der Waals surface area contributed by atoms with Crippen LogP contribution in [0.3, 0.4) is 0 Å². The van der Waals surface area contributed by atoms with Crippen LogP contribution in [0.5, 0.6) is 5.75 Å². The Morgan fingerprint density at radius 3 is 2.21 bits per heavy atom. The number of imide groups is 1. The molecule has 3 rings (SSSR count). The van der Waals surface area contributed by atoms with Gasteiger partial charge in [0.1, 0.15) is 5.75 Å². The summed E-state index contributed by atoms with van der Waals surface area (Å²) in [5, 5.41) is 0. The van der Waals surface area contributed by atoms with Gasteiger partial charge in [-0.2, -0.15) is 0 Å². The van der Waals surface area contributed by atoms with Gasteiger partial charge in [-0.05, 0) is 44.2 Å². The highest BCUT2D eigenvalue weighted by Gasteiger charge is 2.35. The summed E-state index contributed by atoms with van der Waals surface area (Å²) in [7, 11) is 0. The molecule has 2 aromatic rings. The maximum Gasteiger partial charge on any atom is 0.261 e. The molecule has 1 heterocycles. The molecule has 122 valence electrons. The van der Waals surface area contributed by atoms with E-state index in [0.717, 1.165) is 0 Å². The van der Waals surface area contributed by atoms with Gasteiger partial charge in [-0.25, -0.2) is 0 Å². The maximum absolute atomic E-state index is 12.5. The molecule has 5 heteroatoms. The van der Waals surface area contributed by atoms with E-state index in [9.17, 15) is 14.4 Å². The van der Waals surface area contributed by atoms with E-state index in [-0.39, 0.29) is 24.1 Å². The van der Waals surface area contributed by atoms with Gasteiger partial charge in [0.15, 0.2) is 5.78 Å². The predicted molar refractivity (Wildman–Crippen MR) is 88.3 cm³/mol. The largest absolute Gasteiger partial charge is 0.494 e. The van der Waals surface area contributed by atoms with Crippen molar-refractivity contribution in [2.75, 3.05) is 6.61 Å². The second kappa shape index (κ2) is 6.28. The second-order valence-corrected chi connectivity index (χ2v) is 5.55. The van der Waals surface area contributed by atoms with Crippen LogP contribution in [0, 0.1) is 0 Å². The monoisotopic (exact) mass is 323 g/mol. The summed E-state index contributed by atoms with van der Waals surface area (Å²) >= 11 is 0. The molecule has 0 saturated carbocycles. The van der Waals surface area contributed by atoms with Crippen molar-refractivity contribution in [2.45, 2.75) is 20.4 Å². The Kier molecular flexibility index (Phi) is 4.16. The van der Waals surface area contributed by atoms with E-state index in [1.807, 2.05) is 6.92 Å². The van der Waals surface area contributed by atoms with Crippen LogP contribution in [0.1, 0.15) is 50.5 Å². The predicted octanol–water partition coefficient (Wildman–Crippen LogP) is 3.08. The molecule has 2 amide bonds. The lowest BCUT2D eigenvalue weighted by Gasteiger charge is -2.17. The van der Waals surface area contributed by atoms with E-state index in [4.69, 9.17) is 4.74 Å². The standard InChI is InChI=1S/C19H17NO4/c1-3-24-17-9-8-13(12(2)21)10-14(17)11-20-18(22)15-6-4-5-7-16(15)19(20)23/h4-10H,3,11H2,1-2H3. The summed E-state index contributed by atoms with van der Waals surface area (Å²) in [6.07, 6.45) is 0. The lowest BCUT2D eigenvalue weighted by molar-refractivity contribution is 0.0641. The molecule has 0 radical (unpaired) electrons. The van der Waals surface area contributed by atoms with Gasteiger partial charge >= 0.3 is 0 Å². The van der Waals surface area contributed by atoms with E-state index in [1.165, 1.54) is 11.8 Å². The zero-order chi connectivity index (χ0) is 17.3. The number of hydrogen-bond donors (Lipinski definition) is 0. The number of fused-ring (bicyclic) bond motifs is 1. The molecule has 0 aromatic heterocycles. The number of benzene rings is 2. The third kappa shape index (κ3) is 2.69. The van der Waals surface area contributed by atoms with Gasteiger partial charge in [0.05, 0.1) is 24.3 Å². The highest BCUT2D eigenvalue weighted by molar-refractivity contribution is 6.21. The highest BCUT2D eigenvalue weighted by Crippen LogP contribution is 2.28. The van der Waals surface area contributed by atoms with Crippen molar-refractivity contribution in [1.82, 2.24) is 4.90 Å². The van der Waals surface area contributed by atoms with Gasteiger partial charge in [0.2, 0.25) is 0 Å². The summed E-state index contributed by atoms with van der Waals surface area (Å²) in [4.78, 5) is 37.8. The highest BCUT2D eigenvalue weighted by atomic mass is 16.5. The topological polar surface area (TPSA) is 63.7 Å². The number of Topliss-reactive ketones (excluding diaryl/α,β-unsaturated/α-hetero) is 1. The van der Waals surface area contributed by atoms with Crippen molar-refractivity contribution >= 4 is 17.6 Å². The molecule has 24 heavy (non-hydrogen) atoms. The summed E-state index contributed by atoms with van der Waals surface area (Å²) in [6.45, 7) is 3.85. The Bertz CT molecular complexity index is 806. The Balaban J connectivity index is 1.96. The molecule has 0 N–H and O–H groups in total. The van der Waals surface area contributed by atoms with E-state index < -0.39 is 0 Å². The SMILES string of the molecule is CCOc1ccc(C(C)=O)cc1CN1C(=O)c2ccccc2C1=O. The Morgan fingerprint density at radius 1 is 1.04 bits per heavy atom. The van der Waals surface area contributed by atoms with Crippen LogP contribution in [0.15, 0.2) is 42.5 Å². The van der Waals surface area contributed by atoms with Gasteiger partial charge < -0.3 is 4.74 Å². The van der Waals surface area contributed by atoms with Crippen LogP contribution < -0.4 is 4.74 Å². The van der Waals surface area contributed by atoms with Crippen molar-refractivity contribution in [3.63, 3.8) is 0 Å². The first-order valence-corrected chi connectivity index (χ1v) is 7.74. The van der Waals surface area contributed by atoms with E-state index in [2.05, 4.69) is 0 Å². The quantitative estimate of drug-likeness (QED) is 0.626. The molecule has 0 saturated heterocycles. The third-order valence-electron chi connectivity index (χ3n) is 3.97. The average Bonchev–Trinajstić information content (AvgIpc) is 2.82. The molecule has 0 fully saturated rings. The molecule has 0 aliphatic carbocycles. The summed E-state index contributed by atoms with van der Waals surface area (Å²) in [5.41, 5.74) is 1.97. The summed E-state index contributed by atoms with van der Waals surface area (Å²) < 4.78 is 5.57. The van der Waals surface area contributed by atoms with Crippen LogP contribution in [0.4, 0.5) is 0 Å². The number of hydrogen-bond acceptors (Lipinski definition) is 4. The molecule has 5 nitrogen and oxygen atoms in total. The van der Waals surface area contributed by atoms with Crippen molar-refractivity contribution in [3.05, 3.63) is 64.7 Å². The van der Waals surface area contributed by atoms with Crippen molar-refractivity contribution in [3.8, 4) is 5.75 Å². The number of carbonyl (C=O) groups excluding carboxylic acids is 3. The van der Waals surface area contributed by atoms with Gasteiger partial charge in [-0.3, -0.25) is 19.3 Å². The molecular formula is C19H17NO4. The first-order valence-electron chi connectivity index (χ1n) is 7.74. The van der Waals surface area contributed by atoms with Crippen molar-refractivity contribution < 1.29 is 19.1 Å². The molecule has 0 unspecified atom stereocenters. The molecule has 0 atom stereocenters. The Hall–Kier alpha value is -2.95. The fraction of sp³-hybridized carbons (Fsp3) is 0.211. The minimum Gasteiger partial charge on any atom is -0.494 e. The fourth-order valence-electron chi connectivity index (χ4n) is 2.77. The molecule has 2 aromatic carbocycles. The van der Waals surface area contributed by atoms with Crippen LogP contribution in [0.2, 0.25) is 0 Å². The number of ketones is 1. The zero-order valence-electron chi connectivity index (χ0n) is 13.5. The lowest BCUT2D eigenvalue weighted by atomic mass is 10.1. The summed E-state index contributed by atoms with van der Waals surface area (Å²) in [6, 6.07) is 11.8. The first kappa shape index (κ1) is 15.9. The van der Waals surface area contributed by atoms with Gasteiger partial charge in [0, 0.05) is 11.1 Å². The molecular weight excluding hydrogens is 306 g/mol. The number of rotatable bonds is 5. The van der Waals surface area contributed by atoms with Crippen LogP contribution in [-0.2, 0) is 6.54 Å². The fourth-order valence-corrected chi connectivity index (χ4v) is 2.77. The van der Waals surface area contributed by atoms with E-state index in [0.29, 0.717) is 34.6 Å². The lowest BCUT2D eigenvalue weighted by Crippen LogP contribution is -2.29. The molecule has 0 spiro atoms. The van der Waals surface area contributed by atoms with Crippen LogP contribution in [-0.4, -0.2) is 29.1 Å². The van der Waals surface area contributed by atoms with Crippen molar-refractivity contribution in [2.24, 2.45) is 0 Å². The van der Waals surface area contributed by atoms with Gasteiger partial charge in [0.25, 0.3) is 11.8 Å². The number of amides is 2. The normalized spacial score (nSPS) is 13.2. The van der Waals surface area contributed by atoms with E-state index in [1.54, 1.807) is 42.5 Å². The first-order chi connectivity index (χ1) is 11.5. The van der Waals surface area contributed by atoms with Gasteiger partial charge in [-0.1, -0.05) is 12.1 Å². The molecule has 1 aliphatic rings. The smallest absolute Gasteiger partial charge is 0.261 e. The van der Waals surface area contributed by atoms with Gasteiger partial charge in [-0.15, -0.1) is 0 Å². The Morgan fingerprint density at radius 2 is 1.67 bits per heavy atom. The number of nitrogens with zero attached hydrogens (tertiary/aromatic N) is 1. The molecule has 1 aliphatic heterocycles.